The quantitative estimate of drug-likeness (QED) is 0.908. The molecule has 2 aliphatic heterocycles. The van der Waals surface area contributed by atoms with Crippen molar-refractivity contribution in [3.63, 3.8) is 0 Å². The minimum atomic E-state index is -0.469. The van der Waals surface area contributed by atoms with Gasteiger partial charge >= 0.3 is 6.09 Å². The first-order chi connectivity index (χ1) is 10.9. The molecule has 0 saturated heterocycles. The first-order valence-electron chi connectivity index (χ1n) is 8.43. The van der Waals surface area contributed by atoms with Crippen LogP contribution in [0.5, 0.6) is 0 Å². The molecule has 0 fully saturated rings. The van der Waals surface area contributed by atoms with E-state index in [1.165, 1.54) is 21.7 Å². The van der Waals surface area contributed by atoms with Gasteiger partial charge in [0.2, 0.25) is 0 Å². The van der Waals surface area contributed by atoms with Gasteiger partial charge in [0.25, 0.3) is 0 Å². The lowest BCUT2D eigenvalue weighted by molar-refractivity contribution is 0.0502. The Morgan fingerprint density at radius 2 is 2.17 bits per heavy atom. The summed E-state index contributed by atoms with van der Waals surface area (Å²) in [5, 5.41) is 3.06. The minimum absolute atomic E-state index is 0.0109. The highest BCUT2D eigenvalue weighted by molar-refractivity contribution is 7.99. The molecule has 0 bridgehead atoms. The molecule has 1 aromatic carbocycles. The van der Waals surface area contributed by atoms with Crippen LogP contribution in [-0.2, 0) is 17.6 Å². The lowest BCUT2D eigenvalue weighted by Gasteiger charge is -2.32. The number of amides is 1. The van der Waals surface area contributed by atoms with E-state index >= 15 is 0 Å². The average molecular weight is 334 g/mol. The average Bonchev–Trinajstić information content (AvgIpc) is 3.08. The van der Waals surface area contributed by atoms with Crippen LogP contribution in [-0.4, -0.2) is 30.2 Å². The van der Waals surface area contributed by atoms with Crippen molar-refractivity contribution < 1.29 is 9.53 Å². The van der Waals surface area contributed by atoms with Gasteiger partial charge in [0.1, 0.15) is 11.8 Å². The summed E-state index contributed by atoms with van der Waals surface area (Å²) < 4.78 is 5.43. The number of ether oxygens (including phenoxy) is 1. The highest BCUT2D eigenvalue weighted by atomic mass is 32.2. The number of thioether (sulfide) groups is 1. The standard InChI is InChI=1S/C18H26N2O2S/c1-5-15(19-17(21)22-18(2,3)4)20-10-8-12-6-7-14-13(16(12)20)9-11-23-14/h6-7,15H,5,8-11H2,1-4H3,(H,19,21). The third-order valence-corrected chi connectivity index (χ3v) is 5.39. The zero-order valence-electron chi connectivity index (χ0n) is 14.4. The van der Waals surface area contributed by atoms with E-state index in [-0.39, 0.29) is 12.3 Å². The molecule has 0 aliphatic carbocycles. The largest absolute Gasteiger partial charge is 0.444 e. The number of fused-ring (bicyclic) bond motifs is 3. The Balaban J connectivity index is 1.80. The van der Waals surface area contributed by atoms with E-state index in [1.54, 1.807) is 0 Å². The summed E-state index contributed by atoms with van der Waals surface area (Å²) in [6.45, 7) is 8.75. The van der Waals surface area contributed by atoms with E-state index in [0.717, 1.165) is 31.6 Å². The topological polar surface area (TPSA) is 41.6 Å². The fourth-order valence-corrected chi connectivity index (χ4v) is 4.44. The lowest BCUT2D eigenvalue weighted by Crippen LogP contribution is -2.49. The monoisotopic (exact) mass is 334 g/mol. The van der Waals surface area contributed by atoms with Crippen LogP contribution in [0.25, 0.3) is 0 Å². The molecule has 1 amide bonds. The number of anilines is 1. The Labute approximate surface area is 143 Å². The lowest BCUT2D eigenvalue weighted by atomic mass is 10.1. The Morgan fingerprint density at radius 3 is 2.87 bits per heavy atom. The van der Waals surface area contributed by atoms with Crippen LogP contribution in [0.4, 0.5) is 10.5 Å². The van der Waals surface area contributed by atoms with Crippen molar-refractivity contribution in [2.24, 2.45) is 0 Å². The maximum Gasteiger partial charge on any atom is 0.409 e. The number of nitrogens with one attached hydrogen (secondary N) is 1. The van der Waals surface area contributed by atoms with Crippen molar-refractivity contribution >= 4 is 23.5 Å². The molecule has 0 saturated carbocycles. The molecule has 3 rings (SSSR count). The fraction of sp³-hybridized carbons (Fsp3) is 0.611. The van der Waals surface area contributed by atoms with Gasteiger partial charge in [-0.1, -0.05) is 13.0 Å². The van der Waals surface area contributed by atoms with Gasteiger partial charge < -0.3 is 15.0 Å². The number of nitrogens with zero attached hydrogens (tertiary/aromatic N) is 1. The van der Waals surface area contributed by atoms with E-state index in [1.807, 2.05) is 32.5 Å². The summed E-state index contributed by atoms with van der Waals surface area (Å²) in [5.74, 6) is 1.16. The van der Waals surface area contributed by atoms with Gasteiger partial charge in [-0.3, -0.25) is 0 Å². The van der Waals surface area contributed by atoms with Crippen LogP contribution >= 0.6 is 11.8 Å². The highest BCUT2D eigenvalue weighted by Crippen LogP contribution is 2.43. The Kier molecular flexibility index (Phi) is 4.50. The SMILES string of the molecule is CCC(NC(=O)OC(C)(C)C)N1CCc2ccc3c(c21)CCS3. The van der Waals surface area contributed by atoms with Crippen molar-refractivity contribution in [2.75, 3.05) is 17.2 Å². The highest BCUT2D eigenvalue weighted by Gasteiger charge is 2.31. The van der Waals surface area contributed by atoms with Crippen LogP contribution in [0.15, 0.2) is 17.0 Å². The molecule has 2 heterocycles. The summed E-state index contributed by atoms with van der Waals surface area (Å²) >= 11 is 1.94. The molecule has 0 radical (unpaired) electrons. The second-order valence-electron chi connectivity index (χ2n) is 7.16. The van der Waals surface area contributed by atoms with E-state index < -0.39 is 5.60 Å². The van der Waals surface area contributed by atoms with Gasteiger partial charge in [0.15, 0.2) is 0 Å². The van der Waals surface area contributed by atoms with Crippen molar-refractivity contribution in [1.29, 1.82) is 0 Å². The van der Waals surface area contributed by atoms with Crippen molar-refractivity contribution in [3.8, 4) is 0 Å². The van der Waals surface area contributed by atoms with Crippen molar-refractivity contribution in [1.82, 2.24) is 5.32 Å². The van der Waals surface area contributed by atoms with Crippen LogP contribution in [0, 0.1) is 0 Å². The molecular weight excluding hydrogens is 308 g/mol. The maximum atomic E-state index is 12.2. The molecule has 1 unspecified atom stereocenters. The minimum Gasteiger partial charge on any atom is -0.444 e. The van der Waals surface area contributed by atoms with Crippen molar-refractivity contribution in [2.45, 2.75) is 63.6 Å². The molecule has 1 aromatic rings. The normalized spacial score (nSPS) is 17.7. The predicted octanol–water partition coefficient (Wildman–Crippen LogP) is 3.96. The zero-order valence-corrected chi connectivity index (χ0v) is 15.3. The Hall–Kier alpha value is -1.36. The van der Waals surface area contributed by atoms with E-state index in [4.69, 9.17) is 4.74 Å². The van der Waals surface area contributed by atoms with E-state index in [9.17, 15) is 4.79 Å². The van der Waals surface area contributed by atoms with Crippen LogP contribution < -0.4 is 10.2 Å². The van der Waals surface area contributed by atoms with Gasteiger partial charge in [-0.25, -0.2) is 4.79 Å². The summed E-state index contributed by atoms with van der Waals surface area (Å²) in [7, 11) is 0. The molecule has 23 heavy (non-hydrogen) atoms. The van der Waals surface area contributed by atoms with E-state index in [2.05, 4.69) is 29.3 Å². The van der Waals surface area contributed by atoms with E-state index in [0.29, 0.717) is 0 Å². The summed E-state index contributed by atoms with van der Waals surface area (Å²) in [6.07, 6.45) is 2.70. The Bertz CT molecular complexity index is 610. The molecule has 4 nitrogen and oxygen atoms in total. The van der Waals surface area contributed by atoms with Gasteiger partial charge in [0.05, 0.1) is 0 Å². The smallest absolute Gasteiger partial charge is 0.409 e. The third kappa shape index (κ3) is 3.44. The van der Waals surface area contributed by atoms with Crippen LogP contribution in [0.2, 0.25) is 0 Å². The number of rotatable bonds is 3. The first kappa shape index (κ1) is 16.5. The van der Waals surface area contributed by atoms with Gasteiger partial charge in [0, 0.05) is 22.9 Å². The van der Waals surface area contributed by atoms with Gasteiger partial charge in [-0.2, -0.15) is 0 Å². The van der Waals surface area contributed by atoms with Crippen LogP contribution in [0.3, 0.4) is 0 Å². The second kappa shape index (κ2) is 6.27. The summed E-state index contributed by atoms with van der Waals surface area (Å²) in [5.41, 5.74) is 3.77. The summed E-state index contributed by atoms with van der Waals surface area (Å²) in [4.78, 5) is 15.9. The molecule has 2 aliphatic rings. The molecule has 1 N–H and O–H groups in total. The second-order valence-corrected chi connectivity index (χ2v) is 8.30. The van der Waals surface area contributed by atoms with Gasteiger partial charge in [-0.05, 0) is 57.2 Å². The maximum absolute atomic E-state index is 12.2. The zero-order chi connectivity index (χ0) is 16.6. The fourth-order valence-electron chi connectivity index (χ4n) is 3.37. The number of carbonyl (C=O) groups excluding carboxylic acids is 1. The number of carbonyl (C=O) groups is 1. The molecule has 0 aromatic heterocycles. The third-order valence-electron chi connectivity index (χ3n) is 4.29. The van der Waals surface area contributed by atoms with Crippen molar-refractivity contribution in [3.05, 3.63) is 23.3 Å². The Morgan fingerprint density at radius 1 is 1.39 bits per heavy atom. The molecule has 0 spiro atoms. The number of hydrogen-bond donors (Lipinski definition) is 1. The van der Waals surface area contributed by atoms with Gasteiger partial charge in [-0.15, -0.1) is 11.8 Å². The number of hydrogen-bond acceptors (Lipinski definition) is 4. The number of benzene rings is 1. The predicted molar refractivity (Wildman–Crippen MR) is 95.4 cm³/mol. The molecular formula is C18H26N2O2S. The number of alkyl carbamates (subject to hydrolysis) is 1. The van der Waals surface area contributed by atoms with Crippen LogP contribution in [0.1, 0.15) is 45.2 Å². The molecule has 5 heteroatoms. The molecule has 1 atom stereocenters. The summed E-state index contributed by atoms with van der Waals surface area (Å²) in [6, 6.07) is 4.52. The first-order valence-corrected chi connectivity index (χ1v) is 9.41. The molecule has 126 valence electrons.